The summed E-state index contributed by atoms with van der Waals surface area (Å²) in [5.74, 6) is -0.790. The van der Waals surface area contributed by atoms with Crippen LogP contribution in [0, 0.1) is 0 Å². The van der Waals surface area contributed by atoms with Gasteiger partial charge in [0.1, 0.15) is 0 Å². The van der Waals surface area contributed by atoms with Crippen LogP contribution in [-0.2, 0) is 21.2 Å². The number of sulfone groups is 1. The Labute approximate surface area is 139 Å². The van der Waals surface area contributed by atoms with Crippen molar-refractivity contribution < 1.29 is 18.0 Å². The van der Waals surface area contributed by atoms with Crippen LogP contribution in [0.15, 0.2) is 6.20 Å². The Morgan fingerprint density at radius 2 is 1.88 bits per heavy atom. The zero-order valence-corrected chi connectivity index (χ0v) is 14.1. The van der Waals surface area contributed by atoms with E-state index >= 15 is 0 Å². The van der Waals surface area contributed by atoms with E-state index in [2.05, 4.69) is 10.3 Å². The maximum Gasteiger partial charge on any atom is 0.276 e. The quantitative estimate of drug-likeness (QED) is 0.644. The van der Waals surface area contributed by atoms with Gasteiger partial charge in [-0.1, -0.05) is 5.21 Å². The van der Waals surface area contributed by atoms with Crippen LogP contribution in [0.1, 0.15) is 17.4 Å². The van der Waals surface area contributed by atoms with Crippen LogP contribution in [-0.4, -0.2) is 88.2 Å². The van der Waals surface area contributed by atoms with Gasteiger partial charge in [-0.05, 0) is 0 Å². The highest BCUT2D eigenvalue weighted by atomic mass is 32.2. The SMILES string of the molecule is CC(=O)N1CCN(C(=O)c2cn(CCN)nn2)[C@@H]2CS(=O)(=O)C[C@@H]21. The first kappa shape index (κ1) is 16.8. The van der Waals surface area contributed by atoms with Crippen molar-refractivity contribution in [3.8, 4) is 0 Å². The topological polar surface area (TPSA) is 131 Å². The van der Waals surface area contributed by atoms with Crippen LogP contribution < -0.4 is 5.73 Å². The minimum absolute atomic E-state index is 0.110. The number of fused-ring (bicyclic) bond motifs is 1. The van der Waals surface area contributed by atoms with Gasteiger partial charge in [0.2, 0.25) is 5.91 Å². The normalized spacial score (nSPS) is 25.6. The predicted octanol–water partition coefficient (Wildman–Crippen LogP) is -2.29. The van der Waals surface area contributed by atoms with E-state index in [4.69, 9.17) is 5.73 Å². The molecular weight excluding hydrogens is 336 g/mol. The summed E-state index contributed by atoms with van der Waals surface area (Å²) in [6.07, 6.45) is 1.50. The summed E-state index contributed by atoms with van der Waals surface area (Å²) >= 11 is 0. The van der Waals surface area contributed by atoms with Crippen molar-refractivity contribution in [3.05, 3.63) is 11.9 Å². The number of carbonyl (C=O) groups is 2. The number of nitrogens with two attached hydrogens (primary N) is 1. The zero-order valence-electron chi connectivity index (χ0n) is 13.3. The molecule has 3 heterocycles. The van der Waals surface area contributed by atoms with E-state index in [1.54, 1.807) is 4.90 Å². The van der Waals surface area contributed by atoms with Crippen molar-refractivity contribution in [2.75, 3.05) is 31.1 Å². The molecular formula is C13H20N6O4S. The number of nitrogens with zero attached hydrogens (tertiary/aromatic N) is 5. The fraction of sp³-hybridized carbons (Fsp3) is 0.692. The van der Waals surface area contributed by atoms with Gasteiger partial charge in [0, 0.05) is 26.6 Å². The Kier molecular flexibility index (Phi) is 4.30. The molecule has 1 aromatic rings. The molecule has 0 aromatic carbocycles. The Morgan fingerprint density at radius 3 is 2.50 bits per heavy atom. The highest BCUT2D eigenvalue weighted by molar-refractivity contribution is 7.91. The number of carbonyl (C=O) groups excluding carboxylic acids is 2. The molecule has 2 aliphatic rings. The van der Waals surface area contributed by atoms with Gasteiger partial charge in [-0.25, -0.2) is 8.42 Å². The number of aromatic nitrogens is 3. The highest BCUT2D eigenvalue weighted by Gasteiger charge is 2.49. The second-order valence-corrected chi connectivity index (χ2v) is 8.23. The summed E-state index contributed by atoms with van der Waals surface area (Å²) in [6.45, 7) is 2.82. The third-order valence-corrected chi connectivity index (χ3v) is 6.16. The van der Waals surface area contributed by atoms with E-state index in [0.29, 0.717) is 19.6 Å². The molecule has 2 atom stereocenters. The molecule has 3 rings (SSSR count). The lowest BCUT2D eigenvalue weighted by Crippen LogP contribution is -2.61. The molecule has 0 bridgehead atoms. The van der Waals surface area contributed by atoms with Crippen LogP contribution in [0.3, 0.4) is 0 Å². The number of rotatable bonds is 3. The first-order chi connectivity index (χ1) is 11.3. The Morgan fingerprint density at radius 1 is 1.25 bits per heavy atom. The standard InChI is InChI=1S/C13H20N6O4S/c1-9(20)18-4-5-19(12-8-24(22,23)7-11(12)18)13(21)10-6-17(3-2-14)16-15-10/h6,11-12H,2-5,7-8,14H2,1H3/t11-,12+/m0/s1. The fourth-order valence-electron chi connectivity index (χ4n) is 3.38. The molecule has 10 nitrogen and oxygen atoms in total. The smallest absolute Gasteiger partial charge is 0.276 e. The molecule has 1 aromatic heterocycles. The van der Waals surface area contributed by atoms with E-state index in [1.165, 1.54) is 22.7 Å². The summed E-state index contributed by atoms with van der Waals surface area (Å²) < 4.78 is 25.5. The maximum absolute atomic E-state index is 12.7. The lowest BCUT2D eigenvalue weighted by Gasteiger charge is -2.43. The van der Waals surface area contributed by atoms with Gasteiger partial charge < -0.3 is 15.5 Å². The largest absolute Gasteiger partial charge is 0.335 e. The second kappa shape index (κ2) is 6.13. The van der Waals surface area contributed by atoms with Gasteiger partial charge in [-0.2, -0.15) is 0 Å². The lowest BCUT2D eigenvalue weighted by molar-refractivity contribution is -0.133. The first-order valence-electron chi connectivity index (χ1n) is 7.71. The molecule has 2 N–H and O–H groups in total. The van der Waals surface area contributed by atoms with Crippen LogP contribution in [0.5, 0.6) is 0 Å². The van der Waals surface area contributed by atoms with Gasteiger partial charge in [-0.3, -0.25) is 14.3 Å². The van der Waals surface area contributed by atoms with Crippen molar-refractivity contribution in [2.24, 2.45) is 5.73 Å². The fourth-order valence-corrected chi connectivity index (χ4v) is 5.36. The highest BCUT2D eigenvalue weighted by Crippen LogP contribution is 2.28. The molecule has 0 spiro atoms. The van der Waals surface area contributed by atoms with Gasteiger partial charge in [-0.15, -0.1) is 5.10 Å². The summed E-state index contributed by atoms with van der Waals surface area (Å²) in [6, 6.07) is -1.04. The number of hydrogen-bond donors (Lipinski definition) is 1. The van der Waals surface area contributed by atoms with E-state index in [-0.39, 0.29) is 35.6 Å². The van der Waals surface area contributed by atoms with Crippen molar-refractivity contribution in [2.45, 2.75) is 25.6 Å². The summed E-state index contributed by atoms with van der Waals surface area (Å²) in [5, 5.41) is 7.69. The minimum Gasteiger partial charge on any atom is -0.335 e. The summed E-state index contributed by atoms with van der Waals surface area (Å²) in [4.78, 5) is 27.5. The van der Waals surface area contributed by atoms with E-state index in [0.717, 1.165) is 0 Å². The molecule has 0 aliphatic carbocycles. The van der Waals surface area contributed by atoms with Crippen LogP contribution >= 0.6 is 0 Å². The molecule has 24 heavy (non-hydrogen) atoms. The first-order valence-corrected chi connectivity index (χ1v) is 9.53. The molecule has 0 saturated carbocycles. The molecule has 2 saturated heterocycles. The Bertz CT molecular complexity index is 760. The van der Waals surface area contributed by atoms with Gasteiger partial charge >= 0.3 is 0 Å². The predicted molar refractivity (Wildman–Crippen MR) is 83.7 cm³/mol. The van der Waals surface area contributed by atoms with Gasteiger partial charge in [0.15, 0.2) is 15.5 Å². The second-order valence-electron chi connectivity index (χ2n) is 6.08. The lowest BCUT2D eigenvalue weighted by atomic mass is 10.0. The number of amides is 2. The van der Waals surface area contributed by atoms with Crippen molar-refractivity contribution in [3.63, 3.8) is 0 Å². The van der Waals surface area contributed by atoms with Crippen molar-refractivity contribution in [1.29, 1.82) is 0 Å². The van der Waals surface area contributed by atoms with Gasteiger partial charge in [0.05, 0.1) is 36.3 Å². The van der Waals surface area contributed by atoms with Crippen LogP contribution in [0.4, 0.5) is 0 Å². The van der Waals surface area contributed by atoms with E-state index < -0.39 is 21.9 Å². The van der Waals surface area contributed by atoms with Crippen LogP contribution in [0.25, 0.3) is 0 Å². The summed E-state index contributed by atoms with van der Waals surface area (Å²) in [7, 11) is -3.29. The van der Waals surface area contributed by atoms with Gasteiger partial charge in [0.25, 0.3) is 5.91 Å². The molecule has 11 heteroatoms. The minimum atomic E-state index is -3.29. The molecule has 132 valence electrons. The average Bonchev–Trinajstić information content (AvgIpc) is 3.08. The number of hydrogen-bond acceptors (Lipinski definition) is 7. The summed E-state index contributed by atoms with van der Waals surface area (Å²) in [5.41, 5.74) is 5.60. The van der Waals surface area contributed by atoms with Crippen LogP contribution in [0.2, 0.25) is 0 Å². The monoisotopic (exact) mass is 356 g/mol. The average molecular weight is 356 g/mol. The number of piperazine rings is 1. The Balaban J connectivity index is 1.85. The zero-order chi connectivity index (χ0) is 17.5. The van der Waals surface area contributed by atoms with E-state index in [9.17, 15) is 18.0 Å². The molecule has 2 fully saturated rings. The maximum atomic E-state index is 12.7. The van der Waals surface area contributed by atoms with Crippen molar-refractivity contribution >= 4 is 21.7 Å². The van der Waals surface area contributed by atoms with Crippen molar-refractivity contribution in [1.82, 2.24) is 24.8 Å². The third-order valence-electron chi connectivity index (χ3n) is 4.46. The molecule has 0 unspecified atom stereocenters. The van der Waals surface area contributed by atoms with E-state index in [1.807, 2.05) is 0 Å². The third kappa shape index (κ3) is 3.00. The molecule has 2 aliphatic heterocycles. The molecule has 2 amide bonds. The Hall–Kier alpha value is -2.01. The molecule has 0 radical (unpaired) electrons.